The first-order valence-electron chi connectivity index (χ1n) is 16.2. The zero-order valence-corrected chi connectivity index (χ0v) is 27.1. The van der Waals surface area contributed by atoms with E-state index in [4.69, 9.17) is 35.7 Å². The lowest BCUT2D eigenvalue weighted by Gasteiger charge is -2.50. The lowest BCUT2D eigenvalue weighted by atomic mass is 9.99. The van der Waals surface area contributed by atoms with Crippen molar-refractivity contribution in [1.29, 1.82) is 0 Å². The fraction of sp³-hybridized carbons (Fsp3) is 0.400. The van der Waals surface area contributed by atoms with Gasteiger partial charge in [-0.3, -0.25) is 9.69 Å². The maximum atomic E-state index is 12.8. The molecular formula is C35H38ClN5O7. The number of H-pyrrole nitrogens is 1. The Morgan fingerprint density at radius 2 is 1.65 bits per heavy atom. The maximum Gasteiger partial charge on any atom is 0.295 e. The van der Waals surface area contributed by atoms with E-state index in [1.807, 2.05) is 48.5 Å². The average Bonchev–Trinajstić information content (AvgIpc) is 3.81. The highest BCUT2D eigenvalue weighted by atomic mass is 35.5. The summed E-state index contributed by atoms with van der Waals surface area (Å²) < 4.78 is 18.5. The summed E-state index contributed by atoms with van der Waals surface area (Å²) in [7, 11) is 0. The minimum atomic E-state index is -0.633. The molecule has 252 valence electrons. The van der Waals surface area contributed by atoms with Gasteiger partial charge in [0.2, 0.25) is 0 Å². The number of benzene rings is 3. The number of nitrogens with zero attached hydrogens (tertiary/aromatic N) is 3. The predicted molar refractivity (Wildman–Crippen MR) is 176 cm³/mol. The third-order valence-electron chi connectivity index (χ3n) is 10.0. The second-order valence-electron chi connectivity index (χ2n) is 12.8. The normalized spacial score (nSPS) is 27.2. The fourth-order valence-corrected chi connectivity index (χ4v) is 7.48. The minimum Gasteiger partial charge on any atom is -0.554 e. The molecule has 0 aliphatic carbocycles. The zero-order chi connectivity index (χ0) is 33.3. The molecule has 48 heavy (non-hydrogen) atoms. The molecule has 4 atom stereocenters. The Bertz CT molecular complexity index is 1740. The largest absolute Gasteiger partial charge is 0.554 e. The van der Waals surface area contributed by atoms with Crippen molar-refractivity contribution in [2.45, 2.75) is 24.4 Å². The van der Waals surface area contributed by atoms with Gasteiger partial charge in [0.1, 0.15) is 18.3 Å². The van der Waals surface area contributed by atoms with Crippen LogP contribution in [0, 0.1) is 0 Å². The van der Waals surface area contributed by atoms with Gasteiger partial charge in [-0.15, -0.1) is 0 Å². The number of hydrogen-bond donors (Lipinski definition) is 3. The summed E-state index contributed by atoms with van der Waals surface area (Å²) in [6, 6.07) is 20.1. The smallest absolute Gasteiger partial charge is 0.295 e. The van der Waals surface area contributed by atoms with Gasteiger partial charge >= 0.3 is 0 Å². The van der Waals surface area contributed by atoms with Crippen molar-refractivity contribution in [2.24, 2.45) is 0 Å². The van der Waals surface area contributed by atoms with Crippen LogP contribution >= 0.6 is 11.6 Å². The molecule has 0 radical (unpaired) electrons. The number of aliphatic hydroxyl groups excluding tert-OH is 1. The lowest BCUT2D eigenvalue weighted by molar-refractivity contribution is -0.939. The molecule has 0 unspecified atom stereocenters. The summed E-state index contributed by atoms with van der Waals surface area (Å²) in [6.45, 7) is 8.93. The van der Waals surface area contributed by atoms with Crippen molar-refractivity contribution in [3.63, 3.8) is 0 Å². The predicted octanol–water partition coefficient (Wildman–Crippen LogP) is 1.70. The van der Waals surface area contributed by atoms with Crippen LogP contribution in [0.1, 0.15) is 10.4 Å². The molecule has 4 aromatic rings. The molecular weight excluding hydrogens is 638 g/mol. The van der Waals surface area contributed by atoms with Crippen LogP contribution in [0.4, 0.5) is 0 Å². The molecule has 5 aliphatic rings. The van der Waals surface area contributed by atoms with Gasteiger partial charge in [-0.05, 0) is 41.0 Å². The Hall–Kier alpha value is -4.04. The van der Waals surface area contributed by atoms with E-state index in [0.717, 1.165) is 44.3 Å². The molecule has 1 aromatic heterocycles. The number of aromatic nitrogens is 2. The van der Waals surface area contributed by atoms with Gasteiger partial charge in [-0.25, -0.2) is 0 Å². The van der Waals surface area contributed by atoms with Crippen LogP contribution in [0.2, 0.25) is 5.02 Å². The maximum absolute atomic E-state index is 12.8. The van der Waals surface area contributed by atoms with E-state index in [9.17, 15) is 9.90 Å². The summed E-state index contributed by atoms with van der Waals surface area (Å²) in [6.07, 6.45) is -1.66. The standard InChI is InChI=1S/C34H36ClN5O5.CH2O2/c35-26-18-28-27(37-34(38-28)45-30-20-44-31-29(41)19-43-32(30)31)17-25(26)23-5-1-21(2-6-23)22-3-7-24(8-4-22)33(42)36-9-13-40-14-10-39(11-15-40)12-16-40;2-1-3/h1-8,17-18,29-32,41H,9-16,19-20H2,(H-,36,37,38,42);1H,(H,2,3)/t29-,30-,31-,32-;/m1./s1. The van der Waals surface area contributed by atoms with Gasteiger partial charge in [0.25, 0.3) is 11.9 Å². The number of amides is 1. The third kappa shape index (κ3) is 6.64. The summed E-state index contributed by atoms with van der Waals surface area (Å²) in [5.74, 6) is -0.0193. The summed E-state index contributed by atoms with van der Waals surface area (Å²) in [4.78, 5) is 31.4. The van der Waals surface area contributed by atoms with E-state index in [2.05, 4.69) is 32.3 Å². The number of piperazine rings is 3. The monoisotopic (exact) mass is 675 g/mol. The van der Waals surface area contributed by atoms with Gasteiger partial charge in [0, 0.05) is 37.2 Å². The first kappa shape index (κ1) is 32.5. The quantitative estimate of drug-likeness (QED) is 0.187. The van der Waals surface area contributed by atoms with Crippen molar-refractivity contribution >= 4 is 35.0 Å². The number of halogens is 1. The minimum absolute atomic E-state index is 0.0193. The van der Waals surface area contributed by atoms with Crippen LogP contribution in [-0.4, -0.2) is 127 Å². The first-order valence-corrected chi connectivity index (χ1v) is 16.6. The summed E-state index contributed by atoms with van der Waals surface area (Å²) in [5, 5.41) is 22.0. The van der Waals surface area contributed by atoms with Gasteiger partial charge in [-0.2, -0.15) is 4.98 Å². The Morgan fingerprint density at radius 3 is 2.33 bits per heavy atom. The molecule has 1 amide bonds. The van der Waals surface area contributed by atoms with Crippen molar-refractivity contribution in [1.82, 2.24) is 20.2 Å². The van der Waals surface area contributed by atoms with Crippen LogP contribution < -0.4 is 15.2 Å². The van der Waals surface area contributed by atoms with E-state index in [1.54, 1.807) is 0 Å². The molecule has 5 aliphatic heterocycles. The summed E-state index contributed by atoms with van der Waals surface area (Å²) in [5.41, 5.74) is 6.09. The fourth-order valence-electron chi connectivity index (χ4n) is 7.20. The Balaban J connectivity index is 0.00000117. The molecule has 2 bridgehead atoms. The van der Waals surface area contributed by atoms with E-state index in [0.29, 0.717) is 29.7 Å². The lowest BCUT2D eigenvalue weighted by Crippen LogP contribution is -2.68. The number of quaternary nitrogens is 1. The second-order valence-corrected chi connectivity index (χ2v) is 13.2. The van der Waals surface area contributed by atoms with Crippen molar-refractivity contribution in [2.75, 3.05) is 65.6 Å². The number of rotatable bonds is 8. The Kier molecular flexibility index (Phi) is 9.36. The average molecular weight is 676 g/mol. The number of nitrogens with one attached hydrogen (secondary N) is 2. The number of ether oxygens (including phenoxy) is 3. The van der Waals surface area contributed by atoms with Crippen molar-refractivity contribution in [3.05, 3.63) is 71.2 Å². The topological polar surface area (TPSA) is 149 Å². The Morgan fingerprint density at radius 1 is 1.02 bits per heavy atom. The van der Waals surface area contributed by atoms with Crippen LogP contribution in [-0.2, 0) is 14.3 Å². The third-order valence-corrected chi connectivity index (χ3v) is 10.3. The van der Waals surface area contributed by atoms with Gasteiger partial charge in [-0.1, -0.05) is 48.0 Å². The van der Waals surface area contributed by atoms with Crippen LogP contribution in [0.3, 0.4) is 0 Å². The number of fused-ring (bicyclic) bond motifs is 5. The number of imidazole rings is 1. The van der Waals surface area contributed by atoms with E-state index in [-0.39, 0.29) is 30.8 Å². The number of carbonyl (C=O) groups excluding carboxylic acids is 2. The molecule has 6 heterocycles. The van der Waals surface area contributed by atoms with E-state index < -0.39 is 12.6 Å². The number of carboxylic acid groups (broad SMARTS) is 1. The van der Waals surface area contributed by atoms with Crippen molar-refractivity contribution < 1.29 is 38.5 Å². The number of aliphatic hydroxyl groups is 1. The van der Waals surface area contributed by atoms with Gasteiger partial charge in [0.15, 0.2) is 6.10 Å². The number of hydrogen-bond acceptors (Lipinski definition) is 9. The highest BCUT2D eigenvalue weighted by Crippen LogP contribution is 2.35. The molecule has 5 saturated heterocycles. The zero-order valence-electron chi connectivity index (χ0n) is 26.3. The Labute approximate surface area is 282 Å². The molecule has 0 spiro atoms. The number of aromatic amines is 1. The molecule has 13 heteroatoms. The van der Waals surface area contributed by atoms with E-state index >= 15 is 0 Å². The van der Waals surface area contributed by atoms with Gasteiger partial charge < -0.3 is 44.0 Å². The van der Waals surface area contributed by atoms with Crippen LogP contribution in [0.15, 0.2) is 60.7 Å². The van der Waals surface area contributed by atoms with Crippen LogP contribution in [0.25, 0.3) is 33.3 Å². The van der Waals surface area contributed by atoms with Crippen molar-refractivity contribution in [3.8, 4) is 28.3 Å². The number of carbonyl (C=O) groups is 2. The molecule has 0 saturated carbocycles. The molecule has 9 rings (SSSR count). The SMILES string of the molecule is O=C(NCC[N+]12CCN(CC1)CC2)c1ccc(-c2ccc(-c3cc4nc(O[C@@H]5CO[C@H]6[C@@H]5OC[C@H]6O)[nH]c4cc3Cl)cc2)cc1.O=C[O-]. The summed E-state index contributed by atoms with van der Waals surface area (Å²) >= 11 is 6.71. The van der Waals surface area contributed by atoms with Gasteiger partial charge in [0.05, 0.1) is 62.0 Å². The first-order chi connectivity index (χ1) is 23.3. The van der Waals surface area contributed by atoms with Crippen LogP contribution in [0.5, 0.6) is 6.01 Å². The highest BCUT2D eigenvalue weighted by Gasteiger charge is 2.48. The molecule has 3 N–H and O–H groups in total. The molecule has 12 nitrogen and oxygen atoms in total. The second kappa shape index (κ2) is 13.8. The molecule has 5 fully saturated rings. The van der Waals surface area contributed by atoms with E-state index in [1.165, 1.54) is 39.3 Å². The highest BCUT2D eigenvalue weighted by molar-refractivity contribution is 6.34. The molecule has 3 aromatic carbocycles.